The molecule has 0 unspecified atom stereocenters. The average Bonchev–Trinajstić information content (AvgIpc) is 2.56. The Balaban J connectivity index is 2.17. The molecular formula is C14H18O2. The van der Waals surface area contributed by atoms with Crippen LogP contribution in [0.3, 0.4) is 0 Å². The molecule has 0 spiro atoms. The minimum atomic E-state index is -0.784. The summed E-state index contributed by atoms with van der Waals surface area (Å²) in [5, 5.41) is 9.05. The zero-order chi connectivity index (χ0) is 11.4. The Hall–Kier alpha value is -1.31. The molecule has 0 aromatic carbocycles. The molecule has 0 heterocycles. The highest BCUT2D eigenvalue weighted by atomic mass is 16.4. The second kappa shape index (κ2) is 5.15. The first-order chi connectivity index (χ1) is 7.77. The molecule has 0 aromatic rings. The van der Waals surface area contributed by atoms with Gasteiger partial charge in [-0.15, -0.1) is 0 Å². The summed E-state index contributed by atoms with van der Waals surface area (Å²) >= 11 is 0. The maximum absolute atomic E-state index is 11.0. The van der Waals surface area contributed by atoms with Crippen molar-refractivity contribution in [2.45, 2.75) is 38.5 Å². The zero-order valence-electron chi connectivity index (χ0n) is 9.48. The third kappa shape index (κ3) is 2.63. The molecule has 16 heavy (non-hydrogen) atoms. The second-order valence-electron chi connectivity index (χ2n) is 4.61. The van der Waals surface area contributed by atoms with E-state index in [1.165, 1.54) is 37.7 Å². The predicted molar refractivity (Wildman–Crippen MR) is 64.1 cm³/mol. The average molecular weight is 218 g/mol. The van der Waals surface area contributed by atoms with E-state index < -0.39 is 5.97 Å². The number of carboxylic acid groups (broad SMARTS) is 1. The lowest BCUT2D eigenvalue weighted by molar-refractivity contribution is -0.132. The Kier molecular flexibility index (Phi) is 3.60. The number of allylic oxidation sites excluding steroid dienone is 5. The molecule has 1 saturated carbocycles. The Bertz CT molecular complexity index is 355. The number of carbonyl (C=O) groups is 1. The number of hydrogen-bond donors (Lipinski definition) is 1. The van der Waals surface area contributed by atoms with Crippen LogP contribution in [0.2, 0.25) is 0 Å². The number of rotatable bonds is 2. The van der Waals surface area contributed by atoms with Crippen molar-refractivity contribution < 1.29 is 9.90 Å². The maximum atomic E-state index is 11.0. The van der Waals surface area contributed by atoms with Gasteiger partial charge in [0.2, 0.25) is 0 Å². The van der Waals surface area contributed by atoms with E-state index in [1.54, 1.807) is 0 Å². The first-order valence-corrected chi connectivity index (χ1v) is 6.08. The summed E-state index contributed by atoms with van der Waals surface area (Å²) in [6, 6.07) is 0. The Morgan fingerprint density at radius 1 is 1.25 bits per heavy atom. The fourth-order valence-electron chi connectivity index (χ4n) is 2.52. The number of aliphatic carboxylic acids is 1. The summed E-state index contributed by atoms with van der Waals surface area (Å²) in [5.41, 5.74) is 1.73. The molecule has 2 aliphatic rings. The fraction of sp³-hybridized carbons (Fsp3) is 0.500. The van der Waals surface area contributed by atoms with Crippen molar-refractivity contribution in [3.05, 3.63) is 35.5 Å². The van der Waals surface area contributed by atoms with E-state index in [2.05, 4.69) is 6.08 Å². The SMILES string of the molecule is O=C(O)C1=CC(C2CCCCC2)=CC=CC1. The minimum absolute atomic E-state index is 0.519. The second-order valence-corrected chi connectivity index (χ2v) is 4.61. The molecule has 0 radical (unpaired) electrons. The Morgan fingerprint density at radius 3 is 2.69 bits per heavy atom. The molecule has 2 aliphatic carbocycles. The van der Waals surface area contributed by atoms with Crippen LogP contribution >= 0.6 is 0 Å². The highest BCUT2D eigenvalue weighted by Gasteiger charge is 2.18. The summed E-state index contributed by atoms with van der Waals surface area (Å²) in [6.45, 7) is 0. The number of carboxylic acids is 1. The fourth-order valence-corrected chi connectivity index (χ4v) is 2.52. The van der Waals surface area contributed by atoms with Crippen LogP contribution in [0.4, 0.5) is 0 Å². The van der Waals surface area contributed by atoms with Crippen LogP contribution in [0.5, 0.6) is 0 Å². The molecule has 0 aliphatic heterocycles. The van der Waals surface area contributed by atoms with Crippen molar-refractivity contribution in [3.8, 4) is 0 Å². The van der Waals surface area contributed by atoms with Crippen LogP contribution in [0.25, 0.3) is 0 Å². The third-order valence-corrected chi connectivity index (χ3v) is 3.45. The van der Waals surface area contributed by atoms with Crippen molar-refractivity contribution in [2.24, 2.45) is 5.92 Å². The molecule has 2 nitrogen and oxygen atoms in total. The van der Waals surface area contributed by atoms with Gasteiger partial charge in [-0.3, -0.25) is 0 Å². The van der Waals surface area contributed by atoms with E-state index in [9.17, 15) is 4.79 Å². The summed E-state index contributed by atoms with van der Waals surface area (Å²) in [4.78, 5) is 11.0. The van der Waals surface area contributed by atoms with Gasteiger partial charge in [0.05, 0.1) is 0 Å². The molecule has 0 saturated heterocycles. The summed E-state index contributed by atoms with van der Waals surface area (Å²) < 4.78 is 0. The molecule has 1 N–H and O–H groups in total. The standard InChI is InChI=1S/C14H18O2/c15-14(16)13-9-5-4-8-12(10-13)11-6-2-1-3-7-11/h4-5,8,10-11H,1-3,6-7,9H2,(H,15,16). The van der Waals surface area contributed by atoms with Crippen LogP contribution < -0.4 is 0 Å². The molecule has 0 aromatic heterocycles. The van der Waals surface area contributed by atoms with Gasteiger partial charge in [0.15, 0.2) is 0 Å². The summed E-state index contributed by atoms with van der Waals surface area (Å²) in [5.74, 6) is -0.209. The number of hydrogen-bond acceptors (Lipinski definition) is 1. The summed E-state index contributed by atoms with van der Waals surface area (Å²) in [7, 11) is 0. The first-order valence-electron chi connectivity index (χ1n) is 6.08. The van der Waals surface area contributed by atoms with Gasteiger partial charge >= 0.3 is 5.97 Å². The Morgan fingerprint density at radius 2 is 2.00 bits per heavy atom. The molecule has 1 fully saturated rings. The quantitative estimate of drug-likeness (QED) is 0.770. The molecule has 0 bridgehead atoms. The molecule has 2 rings (SSSR count). The topological polar surface area (TPSA) is 37.3 Å². The van der Waals surface area contributed by atoms with Crippen LogP contribution in [0, 0.1) is 5.92 Å². The van der Waals surface area contributed by atoms with Crippen LogP contribution in [0.15, 0.2) is 35.5 Å². The lowest BCUT2D eigenvalue weighted by atomic mass is 9.83. The molecule has 86 valence electrons. The maximum Gasteiger partial charge on any atom is 0.331 e. The zero-order valence-corrected chi connectivity index (χ0v) is 9.48. The van der Waals surface area contributed by atoms with Crippen LogP contribution in [-0.4, -0.2) is 11.1 Å². The largest absolute Gasteiger partial charge is 0.478 e. The lowest BCUT2D eigenvalue weighted by Gasteiger charge is -2.22. The van der Waals surface area contributed by atoms with Crippen molar-refractivity contribution in [1.29, 1.82) is 0 Å². The van der Waals surface area contributed by atoms with Gasteiger partial charge in [0, 0.05) is 5.57 Å². The van der Waals surface area contributed by atoms with Crippen LogP contribution in [-0.2, 0) is 4.79 Å². The van der Waals surface area contributed by atoms with E-state index in [0.29, 0.717) is 17.9 Å². The van der Waals surface area contributed by atoms with Crippen molar-refractivity contribution >= 4 is 5.97 Å². The van der Waals surface area contributed by atoms with Gasteiger partial charge in [-0.2, -0.15) is 0 Å². The van der Waals surface area contributed by atoms with E-state index >= 15 is 0 Å². The molecule has 0 amide bonds. The van der Waals surface area contributed by atoms with E-state index in [1.807, 2.05) is 18.2 Å². The first kappa shape index (κ1) is 11.2. The van der Waals surface area contributed by atoms with E-state index in [0.717, 1.165) is 0 Å². The van der Waals surface area contributed by atoms with Crippen molar-refractivity contribution in [3.63, 3.8) is 0 Å². The highest BCUT2D eigenvalue weighted by molar-refractivity contribution is 5.87. The van der Waals surface area contributed by atoms with E-state index in [-0.39, 0.29) is 0 Å². The smallest absolute Gasteiger partial charge is 0.331 e. The normalized spacial score (nSPS) is 22.2. The Labute approximate surface area is 96.4 Å². The third-order valence-electron chi connectivity index (χ3n) is 3.45. The van der Waals surface area contributed by atoms with Gasteiger partial charge in [-0.1, -0.05) is 37.5 Å². The molecular weight excluding hydrogens is 200 g/mol. The predicted octanol–water partition coefficient (Wildman–Crippen LogP) is 3.46. The van der Waals surface area contributed by atoms with Gasteiger partial charge in [0.1, 0.15) is 0 Å². The van der Waals surface area contributed by atoms with Gasteiger partial charge in [0.25, 0.3) is 0 Å². The van der Waals surface area contributed by atoms with Crippen LogP contribution in [0.1, 0.15) is 38.5 Å². The molecule has 0 atom stereocenters. The van der Waals surface area contributed by atoms with Gasteiger partial charge in [-0.25, -0.2) is 4.79 Å². The van der Waals surface area contributed by atoms with E-state index in [4.69, 9.17) is 5.11 Å². The van der Waals surface area contributed by atoms with Gasteiger partial charge in [-0.05, 0) is 36.8 Å². The summed E-state index contributed by atoms with van der Waals surface area (Å²) in [6.07, 6.45) is 14.8. The van der Waals surface area contributed by atoms with Crippen molar-refractivity contribution in [2.75, 3.05) is 0 Å². The monoisotopic (exact) mass is 218 g/mol. The highest BCUT2D eigenvalue weighted by Crippen LogP contribution is 2.32. The minimum Gasteiger partial charge on any atom is -0.478 e. The lowest BCUT2D eigenvalue weighted by Crippen LogP contribution is -2.09. The van der Waals surface area contributed by atoms with Crippen molar-refractivity contribution in [1.82, 2.24) is 0 Å². The molecule has 2 heteroatoms. The van der Waals surface area contributed by atoms with Gasteiger partial charge < -0.3 is 5.11 Å².